The summed E-state index contributed by atoms with van der Waals surface area (Å²) in [5.41, 5.74) is 9.16. The predicted octanol–water partition coefficient (Wildman–Crippen LogP) is 2.44. The molecule has 0 aliphatic carbocycles. The molecule has 0 saturated carbocycles. The molecule has 5 rings (SSSR count). The fraction of sp³-hybridized carbons (Fsp3) is 0.167. The first-order chi connectivity index (χ1) is 17.8. The minimum Gasteiger partial charge on any atom is -0.497 e. The number of ether oxygens (including phenoxy) is 1. The van der Waals surface area contributed by atoms with E-state index in [4.69, 9.17) is 15.6 Å². The van der Waals surface area contributed by atoms with Crippen molar-refractivity contribution < 1.29 is 18.3 Å². The fourth-order valence-electron chi connectivity index (χ4n) is 4.20. The van der Waals surface area contributed by atoms with Gasteiger partial charge in [-0.3, -0.25) is 0 Å². The molecule has 5 aromatic rings. The number of fused-ring (bicyclic) bond motifs is 1. The molecule has 3 aromatic carbocycles. The Morgan fingerprint density at radius 2 is 1.86 bits per heavy atom. The van der Waals surface area contributed by atoms with Crippen LogP contribution in [0.25, 0.3) is 32.7 Å². The van der Waals surface area contributed by atoms with E-state index in [-0.39, 0.29) is 29.3 Å². The van der Waals surface area contributed by atoms with E-state index in [0.717, 1.165) is 16.0 Å². The van der Waals surface area contributed by atoms with Crippen molar-refractivity contribution in [1.29, 1.82) is 0 Å². The van der Waals surface area contributed by atoms with Crippen LogP contribution in [0.4, 0.5) is 5.13 Å². The van der Waals surface area contributed by atoms with Crippen molar-refractivity contribution in [2.45, 2.75) is 17.9 Å². The van der Waals surface area contributed by atoms with Crippen molar-refractivity contribution in [2.24, 2.45) is 5.14 Å². The average Bonchev–Trinajstić information content (AvgIpc) is 3.49. The van der Waals surface area contributed by atoms with Crippen LogP contribution in [0.5, 0.6) is 5.75 Å². The first kappa shape index (κ1) is 24.8. The molecule has 13 heteroatoms. The third-order valence-electron chi connectivity index (χ3n) is 5.79. The van der Waals surface area contributed by atoms with Gasteiger partial charge in [-0.1, -0.05) is 47.7 Å². The smallest absolute Gasteiger partial charge is 0.239 e. The Morgan fingerprint density at radius 3 is 2.57 bits per heavy atom. The highest BCUT2D eigenvalue weighted by Crippen LogP contribution is 2.41. The van der Waals surface area contributed by atoms with Gasteiger partial charge in [-0.05, 0) is 46.5 Å². The van der Waals surface area contributed by atoms with Gasteiger partial charge < -0.3 is 15.6 Å². The lowest BCUT2D eigenvalue weighted by Gasteiger charge is -2.16. The molecule has 5 N–H and O–H groups in total. The van der Waals surface area contributed by atoms with Crippen LogP contribution < -0.4 is 15.6 Å². The molecule has 0 saturated heterocycles. The van der Waals surface area contributed by atoms with Crippen molar-refractivity contribution >= 4 is 36.7 Å². The van der Waals surface area contributed by atoms with E-state index < -0.39 is 10.0 Å². The molecule has 0 fully saturated rings. The van der Waals surface area contributed by atoms with Crippen LogP contribution in [0.15, 0.2) is 59.5 Å². The minimum absolute atomic E-state index is 0.0763. The molecule has 11 nitrogen and oxygen atoms in total. The highest BCUT2D eigenvalue weighted by Gasteiger charge is 2.27. The maximum absolute atomic E-state index is 12.9. The zero-order chi connectivity index (χ0) is 26.2. The Morgan fingerprint density at radius 1 is 1.08 bits per heavy atom. The van der Waals surface area contributed by atoms with Gasteiger partial charge in [0.1, 0.15) is 5.75 Å². The number of sulfonamides is 1. The Labute approximate surface area is 216 Å². The number of nitrogens with two attached hydrogens (primary N) is 2. The van der Waals surface area contributed by atoms with Gasteiger partial charge in [0.2, 0.25) is 15.8 Å². The molecular weight excluding hydrogens is 514 g/mol. The second-order valence-corrected chi connectivity index (χ2v) is 10.8. The van der Waals surface area contributed by atoms with Crippen molar-refractivity contribution in [1.82, 2.24) is 25.2 Å². The Bertz CT molecular complexity index is 1700. The van der Waals surface area contributed by atoms with Crippen LogP contribution in [0.1, 0.15) is 11.1 Å². The minimum atomic E-state index is -4.25. The summed E-state index contributed by atoms with van der Waals surface area (Å²) in [5, 5.41) is 28.5. The van der Waals surface area contributed by atoms with Gasteiger partial charge in [0.05, 0.1) is 34.3 Å². The number of hydrogen-bond donors (Lipinski definition) is 3. The molecule has 0 amide bonds. The van der Waals surface area contributed by atoms with E-state index in [1.807, 2.05) is 42.5 Å². The van der Waals surface area contributed by atoms with Gasteiger partial charge in [0.25, 0.3) is 0 Å². The summed E-state index contributed by atoms with van der Waals surface area (Å²) >= 11 is 1.33. The molecule has 2 heterocycles. The highest BCUT2D eigenvalue weighted by molar-refractivity contribution is 7.89. The summed E-state index contributed by atoms with van der Waals surface area (Å²) in [7, 11) is -2.67. The number of thiazole rings is 1. The first-order valence-corrected chi connectivity index (χ1v) is 13.5. The third-order valence-corrected chi connectivity index (χ3v) is 7.68. The lowest BCUT2D eigenvalue weighted by atomic mass is 9.95. The number of aliphatic hydroxyl groups is 1. The number of aliphatic hydroxyl groups excluding tert-OH is 1. The molecule has 0 spiro atoms. The maximum atomic E-state index is 12.9. The Balaban J connectivity index is 1.71. The van der Waals surface area contributed by atoms with Gasteiger partial charge in [-0.15, -0.1) is 10.2 Å². The summed E-state index contributed by atoms with van der Waals surface area (Å²) in [6.45, 7) is 0.0304. The third kappa shape index (κ3) is 4.89. The monoisotopic (exact) mass is 537 g/mol. The average molecular weight is 538 g/mol. The second kappa shape index (κ2) is 9.86. The highest BCUT2D eigenvalue weighted by atomic mass is 32.2. The summed E-state index contributed by atoms with van der Waals surface area (Å²) in [4.78, 5) is 5.66. The van der Waals surface area contributed by atoms with Gasteiger partial charge in [0.15, 0.2) is 5.13 Å². The van der Waals surface area contributed by atoms with Crippen molar-refractivity contribution in [3.05, 3.63) is 65.7 Å². The van der Waals surface area contributed by atoms with E-state index >= 15 is 0 Å². The Kier molecular flexibility index (Phi) is 6.60. The Hall–Kier alpha value is -3.91. The number of anilines is 1. The van der Waals surface area contributed by atoms with Gasteiger partial charge in [-0.2, -0.15) is 4.80 Å². The van der Waals surface area contributed by atoms with Crippen LogP contribution in [0.3, 0.4) is 0 Å². The standard InChI is InChI=1S/C24H23N7O4S2/c1-35-16-8-5-14(6-9-16)13-31-29-23(28-30-31)20-17(10-7-15(11-12-32)22(20)37(26,33)34)18-3-2-4-19-21(18)27-24(25)36-19/h2-10,32H,11-13H2,1H3,(H2,25,27)(H2,26,33,34). The molecular formula is C24H23N7O4S2. The fourth-order valence-corrected chi connectivity index (χ4v) is 5.98. The van der Waals surface area contributed by atoms with Crippen molar-refractivity contribution in [3.8, 4) is 28.3 Å². The van der Waals surface area contributed by atoms with E-state index in [1.165, 1.54) is 16.1 Å². The predicted molar refractivity (Wildman–Crippen MR) is 141 cm³/mol. The number of tetrazole rings is 1. The summed E-state index contributed by atoms with van der Waals surface area (Å²) in [5.74, 6) is 0.795. The van der Waals surface area contributed by atoms with Crippen molar-refractivity contribution in [2.75, 3.05) is 19.5 Å². The van der Waals surface area contributed by atoms with Crippen LogP contribution in [0, 0.1) is 0 Å². The van der Waals surface area contributed by atoms with E-state index in [9.17, 15) is 13.5 Å². The number of primary sulfonamides is 1. The second-order valence-electron chi connectivity index (χ2n) is 8.19. The molecule has 190 valence electrons. The molecule has 0 unspecified atom stereocenters. The zero-order valence-corrected chi connectivity index (χ0v) is 21.3. The SMILES string of the molecule is COc1ccc(Cn2nnc(-c3c(-c4cccc5sc(N)nc45)ccc(CCO)c3S(N)(=O)=O)n2)cc1. The van der Waals surface area contributed by atoms with Crippen LogP contribution in [0.2, 0.25) is 0 Å². The van der Waals surface area contributed by atoms with E-state index in [0.29, 0.717) is 33.9 Å². The normalized spacial score (nSPS) is 11.8. The van der Waals surface area contributed by atoms with E-state index in [2.05, 4.69) is 20.4 Å². The summed E-state index contributed by atoms with van der Waals surface area (Å²) in [6.07, 6.45) is 0.0763. The lowest BCUT2D eigenvalue weighted by Crippen LogP contribution is -2.17. The quantitative estimate of drug-likeness (QED) is 0.269. The van der Waals surface area contributed by atoms with Crippen LogP contribution >= 0.6 is 11.3 Å². The van der Waals surface area contributed by atoms with Crippen molar-refractivity contribution in [3.63, 3.8) is 0 Å². The number of para-hydroxylation sites is 1. The number of hydrogen-bond acceptors (Lipinski definition) is 10. The van der Waals surface area contributed by atoms with Crippen LogP contribution in [-0.2, 0) is 23.0 Å². The number of nitrogen functional groups attached to an aromatic ring is 1. The number of nitrogens with zero attached hydrogens (tertiary/aromatic N) is 5. The number of methoxy groups -OCH3 is 1. The lowest BCUT2D eigenvalue weighted by molar-refractivity contribution is 0.299. The molecule has 0 aliphatic heterocycles. The maximum Gasteiger partial charge on any atom is 0.239 e. The molecule has 2 aromatic heterocycles. The van der Waals surface area contributed by atoms with E-state index in [1.54, 1.807) is 19.2 Å². The largest absolute Gasteiger partial charge is 0.497 e. The number of rotatable bonds is 8. The molecule has 37 heavy (non-hydrogen) atoms. The molecule has 0 bridgehead atoms. The summed E-state index contributed by atoms with van der Waals surface area (Å²) in [6, 6.07) is 16.3. The summed E-state index contributed by atoms with van der Waals surface area (Å²) < 4.78 is 31.8. The topological polar surface area (TPSA) is 172 Å². The zero-order valence-electron chi connectivity index (χ0n) is 19.7. The van der Waals surface area contributed by atoms with Gasteiger partial charge in [0, 0.05) is 12.2 Å². The van der Waals surface area contributed by atoms with Crippen LogP contribution in [-0.4, -0.2) is 52.4 Å². The van der Waals surface area contributed by atoms with Gasteiger partial charge in [-0.25, -0.2) is 18.5 Å². The van der Waals surface area contributed by atoms with Gasteiger partial charge >= 0.3 is 0 Å². The first-order valence-electron chi connectivity index (χ1n) is 11.1. The number of benzene rings is 3. The molecule has 0 atom stereocenters. The number of aromatic nitrogens is 5. The molecule has 0 radical (unpaired) electrons. The molecule has 0 aliphatic rings.